The maximum absolute atomic E-state index is 11.7. The first-order valence-corrected chi connectivity index (χ1v) is 6.83. The molecule has 1 saturated carbocycles. The molecular formula is C15H23ClN2O2. The number of amides is 1. The van der Waals surface area contributed by atoms with Crippen LogP contribution in [0.3, 0.4) is 0 Å². The molecule has 4 N–H and O–H groups in total. The molecule has 0 radical (unpaired) electrons. The van der Waals surface area contributed by atoms with Gasteiger partial charge in [-0.15, -0.1) is 12.4 Å². The van der Waals surface area contributed by atoms with Crippen LogP contribution in [0.1, 0.15) is 55.5 Å². The Morgan fingerprint density at radius 2 is 2.15 bits per heavy atom. The number of carbonyl (C=O) groups excluding carboxylic acids is 1. The fourth-order valence-electron chi connectivity index (χ4n) is 3.09. The van der Waals surface area contributed by atoms with E-state index in [1.54, 1.807) is 12.1 Å². The number of carbonyl (C=O) groups is 1. The van der Waals surface area contributed by atoms with Crippen molar-refractivity contribution in [2.45, 2.75) is 44.9 Å². The summed E-state index contributed by atoms with van der Waals surface area (Å²) in [6, 6.07) is 5.29. The van der Waals surface area contributed by atoms with Gasteiger partial charge in [0.25, 0.3) is 5.91 Å². The van der Waals surface area contributed by atoms with E-state index in [4.69, 9.17) is 5.84 Å². The summed E-state index contributed by atoms with van der Waals surface area (Å²) in [7, 11) is 0. The number of nitrogen functional groups attached to an aromatic ring is 1. The number of phenolic OH excluding ortho intramolecular Hbond substituents is 1. The summed E-state index contributed by atoms with van der Waals surface area (Å²) in [5.74, 6) is 5.24. The molecule has 2 rings (SSSR count). The number of nitrogens with two attached hydrogens (primary N) is 1. The Kier molecular flexibility index (Phi) is 5.42. The second-order valence-corrected chi connectivity index (χ2v) is 5.77. The molecule has 0 saturated heterocycles. The molecule has 0 spiro atoms. The van der Waals surface area contributed by atoms with Crippen molar-refractivity contribution in [2.24, 2.45) is 11.8 Å². The minimum atomic E-state index is -0.452. The standard InChI is InChI=1S/C15H22N2O2.ClH/c1-10-5-3-4-8-15(10,2)11-6-7-13(18)12(9-11)14(19)17-16;/h6-7,9-10,18H,3-5,8,16H2,1-2H3,(H,17,19);1H. The van der Waals surface area contributed by atoms with Crippen molar-refractivity contribution >= 4 is 18.3 Å². The topological polar surface area (TPSA) is 75.3 Å². The van der Waals surface area contributed by atoms with Crippen LogP contribution >= 0.6 is 12.4 Å². The Morgan fingerprint density at radius 1 is 1.45 bits per heavy atom. The molecule has 1 aromatic carbocycles. The number of hydrogen-bond acceptors (Lipinski definition) is 3. The van der Waals surface area contributed by atoms with E-state index >= 15 is 0 Å². The smallest absolute Gasteiger partial charge is 0.268 e. The molecule has 1 amide bonds. The number of phenols is 1. The van der Waals surface area contributed by atoms with Crippen LogP contribution in [-0.4, -0.2) is 11.0 Å². The summed E-state index contributed by atoms with van der Waals surface area (Å²) >= 11 is 0. The largest absolute Gasteiger partial charge is 0.507 e. The van der Waals surface area contributed by atoms with Gasteiger partial charge in [-0.05, 0) is 41.9 Å². The lowest BCUT2D eigenvalue weighted by molar-refractivity contribution is 0.0950. The van der Waals surface area contributed by atoms with E-state index in [2.05, 4.69) is 19.3 Å². The molecule has 1 aromatic rings. The number of hydrazine groups is 1. The van der Waals surface area contributed by atoms with Crippen LogP contribution in [0, 0.1) is 5.92 Å². The lowest BCUT2D eigenvalue weighted by Gasteiger charge is -2.40. The zero-order valence-corrected chi connectivity index (χ0v) is 12.8. The molecule has 1 aliphatic carbocycles. The van der Waals surface area contributed by atoms with Crippen molar-refractivity contribution < 1.29 is 9.90 Å². The van der Waals surface area contributed by atoms with Crippen LogP contribution in [0.4, 0.5) is 0 Å². The molecule has 5 heteroatoms. The third-order valence-corrected chi connectivity index (χ3v) is 4.70. The summed E-state index contributed by atoms with van der Waals surface area (Å²) in [5.41, 5.74) is 3.50. The van der Waals surface area contributed by atoms with Gasteiger partial charge in [-0.2, -0.15) is 0 Å². The van der Waals surface area contributed by atoms with Crippen molar-refractivity contribution in [1.29, 1.82) is 0 Å². The fraction of sp³-hybridized carbons (Fsp3) is 0.533. The van der Waals surface area contributed by atoms with Crippen molar-refractivity contribution in [3.63, 3.8) is 0 Å². The lowest BCUT2D eigenvalue weighted by Crippen LogP contribution is -2.34. The first-order valence-electron chi connectivity index (χ1n) is 6.83. The molecule has 1 fully saturated rings. The van der Waals surface area contributed by atoms with Gasteiger partial charge in [0, 0.05) is 0 Å². The van der Waals surface area contributed by atoms with Gasteiger partial charge in [0.2, 0.25) is 0 Å². The minimum Gasteiger partial charge on any atom is -0.507 e. The molecule has 1 aliphatic rings. The van der Waals surface area contributed by atoms with Crippen molar-refractivity contribution in [3.8, 4) is 5.75 Å². The highest BCUT2D eigenvalue weighted by molar-refractivity contribution is 5.96. The Hall–Kier alpha value is -1.26. The van der Waals surface area contributed by atoms with Crippen molar-refractivity contribution in [2.75, 3.05) is 0 Å². The summed E-state index contributed by atoms with van der Waals surface area (Å²) in [6.45, 7) is 4.50. The van der Waals surface area contributed by atoms with Gasteiger partial charge < -0.3 is 5.11 Å². The van der Waals surface area contributed by atoms with Gasteiger partial charge in [-0.25, -0.2) is 5.84 Å². The summed E-state index contributed by atoms with van der Waals surface area (Å²) < 4.78 is 0. The van der Waals surface area contributed by atoms with E-state index in [0.717, 1.165) is 12.0 Å². The second-order valence-electron chi connectivity index (χ2n) is 5.77. The normalized spacial score (nSPS) is 25.6. The molecule has 4 nitrogen and oxygen atoms in total. The first kappa shape index (κ1) is 16.8. The Bertz CT molecular complexity index is 493. The molecular weight excluding hydrogens is 276 g/mol. The van der Waals surface area contributed by atoms with Gasteiger partial charge in [0.05, 0.1) is 5.56 Å². The van der Waals surface area contributed by atoms with Crippen LogP contribution in [0.2, 0.25) is 0 Å². The Balaban J connectivity index is 0.00000200. The summed E-state index contributed by atoms with van der Waals surface area (Å²) in [6.07, 6.45) is 4.80. The maximum Gasteiger partial charge on any atom is 0.268 e. The molecule has 0 aliphatic heterocycles. The highest BCUT2D eigenvalue weighted by atomic mass is 35.5. The monoisotopic (exact) mass is 298 g/mol. The molecule has 112 valence electrons. The summed E-state index contributed by atoms with van der Waals surface area (Å²) in [4.78, 5) is 11.7. The van der Waals surface area contributed by atoms with Gasteiger partial charge in [-0.1, -0.05) is 32.8 Å². The van der Waals surface area contributed by atoms with Gasteiger partial charge in [0.15, 0.2) is 0 Å². The number of halogens is 1. The molecule has 0 heterocycles. The van der Waals surface area contributed by atoms with E-state index < -0.39 is 5.91 Å². The van der Waals surface area contributed by atoms with E-state index in [1.807, 2.05) is 6.07 Å². The number of benzene rings is 1. The maximum atomic E-state index is 11.7. The number of aromatic hydroxyl groups is 1. The van der Waals surface area contributed by atoms with Crippen LogP contribution in [0.5, 0.6) is 5.75 Å². The molecule has 0 bridgehead atoms. The highest BCUT2D eigenvalue weighted by Gasteiger charge is 2.35. The molecule has 2 unspecified atom stereocenters. The molecule has 2 atom stereocenters. The predicted octanol–water partition coefficient (Wildman–Crippen LogP) is 2.89. The zero-order valence-electron chi connectivity index (χ0n) is 12.0. The van der Waals surface area contributed by atoms with Crippen molar-refractivity contribution in [3.05, 3.63) is 29.3 Å². The van der Waals surface area contributed by atoms with Crippen LogP contribution < -0.4 is 11.3 Å². The Morgan fingerprint density at radius 3 is 2.75 bits per heavy atom. The number of hydrogen-bond donors (Lipinski definition) is 3. The van der Waals surface area contributed by atoms with E-state index in [0.29, 0.717) is 5.92 Å². The third-order valence-electron chi connectivity index (χ3n) is 4.70. The van der Waals surface area contributed by atoms with Gasteiger partial charge >= 0.3 is 0 Å². The zero-order chi connectivity index (χ0) is 14.0. The highest BCUT2D eigenvalue weighted by Crippen LogP contribution is 2.44. The van der Waals surface area contributed by atoms with Gasteiger partial charge in [-0.3, -0.25) is 10.2 Å². The molecule has 0 aromatic heterocycles. The fourth-order valence-corrected chi connectivity index (χ4v) is 3.09. The van der Waals surface area contributed by atoms with Crippen molar-refractivity contribution in [1.82, 2.24) is 5.43 Å². The van der Waals surface area contributed by atoms with Gasteiger partial charge in [0.1, 0.15) is 5.75 Å². The second kappa shape index (κ2) is 6.46. The lowest BCUT2D eigenvalue weighted by atomic mass is 9.64. The third kappa shape index (κ3) is 2.91. The average Bonchev–Trinajstić information content (AvgIpc) is 2.42. The Labute approximate surface area is 126 Å². The molecule has 20 heavy (non-hydrogen) atoms. The summed E-state index contributed by atoms with van der Waals surface area (Å²) in [5, 5.41) is 9.77. The SMILES string of the molecule is CC1CCCCC1(C)c1ccc(O)c(C(=O)NN)c1.Cl. The van der Waals surface area contributed by atoms with E-state index in [1.165, 1.54) is 19.3 Å². The predicted molar refractivity (Wildman–Crippen MR) is 82.0 cm³/mol. The van der Waals surface area contributed by atoms with E-state index in [9.17, 15) is 9.90 Å². The number of nitrogens with one attached hydrogen (secondary N) is 1. The first-order chi connectivity index (χ1) is 8.99. The van der Waals surface area contributed by atoms with Crippen LogP contribution in [0.15, 0.2) is 18.2 Å². The minimum absolute atomic E-state index is 0. The average molecular weight is 299 g/mol. The van der Waals surface area contributed by atoms with Crippen LogP contribution in [-0.2, 0) is 5.41 Å². The number of rotatable bonds is 2. The quantitative estimate of drug-likeness (QED) is 0.446. The van der Waals surface area contributed by atoms with E-state index in [-0.39, 0.29) is 29.1 Å². The van der Waals surface area contributed by atoms with Crippen LogP contribution in [0.25, 0.3) is 0 Å².